The van der Waals surface area contributed by atoms with E-state index in [1.807, 2.05) is 55.6 Å². The van der Waals surface area contributed by atoms with Crippen LogP contribution in [0.3, 0.4) is 0 Å². The van der Waals surface area contributed by atoms with Crippen molar-refractivity contribution < 1.29 is 4.79 Å². The van der Waals surface area contributed by atoms with Crippen molar-refractivity contribution in [2.24, 2.45) is 0 Å². The number of carbonyl (C=O) groups is 1. The molecular weight excluding hydrogens is 340 g/mol. The summed E-state index contributed by atoms with van der Waals surface area (Å²) in [6, 6.07) is 15.2. The third kappa shape index (κ3) is 3.33. The summed E-state index contributed by atoms with van der Waals surface area (Å²) in [5.41, 5.74) is 2.59. The van der Waals surface area contributed by atoms with Crippen molar-refractivity contribution in [3.63, 3.8) is 0 Å². The lowest BCUT2D eigenvalue weighted by Gasteiger charge is -2.11. The standard InChI is InChI=1S/C21H20N4O2/c1-14-24-19-9-5-3-7-17(19)21(27)25(14)11-10-22-20(26)12-15-13-23-18-8-4-2-6-16(15)18/h2-9,13,23H,10-12H2,1H3,(H,22,26). The number of benzene rings is 2. The number of fused-ring (bicyclic) bond motifs is 2. The molecule has 0 bridgehead atoms. The van der Waals surface area contributed by atoms with Crippen LogP contribution in [-0.4, -0.2) is 27.0 Å². The molecule has 2 N–H and O–H groups in total. The molecule has 0 spiro atoms. The zero-order valence-corrected chi connectivity index (χ0v) is 15.0. The van der Waals surface area contributed by atoms with Gasteiger partial charge in [-0.25, -0.2) is 4.98 Å². The first kappa shape index (κ1) is 17.0. The molecule has 4 aromatic rings. The molecule has 1 amide bonds. The maximum atomic E-state index is 12.6. The minimum absolute atomic E-state index is 0.0702. The van der Waals surface area contributed by atoms with Gasteiger partial charge in [-0.1, -0.05) is 30.3 Å². The van der Waals surface area contributed by atoms with Gasteiger partial charge in [0.2, 0.25) is 5.91 Å². The number of aromatic amines is 1. The van der Waals surface area contributed by atoms with Gasteiger partial charge in [0.05, 0.1) is 17.3 Å². The number of hydrogen-bond donors (Lipinski definition) is 2. The van der Waals surface area contributed by atoms with Crippen LogP contribution in [0.25, 0.3) is 21.8 Å². The van der Waals surface area contributed by atoms with Gasteiger partial charge in [0.1, 0.15) is 5.82 Å². The Bertz CT molecular complexity index is 1190. The number of rotatable bonds is 5. The van der Waals surface area contributed by atoms with Crippen LogP contribution in [-0.2, 0) is 17.8 Å². The molecule has 0 aliphatic carbocycles. The fraction of sp³-hybridized carbons (Fsp3) is 0.190. The van der Waals surface area contributed by atoms with Gasteiger partial charge < -0.3 is 10.3 Å². The van der Waals surface area contributed by atoms with E-state index >= 15 is 0 Å². The summed E-state index contributed by atoms with van der Waals surface area (Å²) in [5, 5.41) is 4.54. The number of hydrogen-bond acceptors (Lipinski definition) is 3. The number of aromatic nitrogens is 3. The Morgan fingerprint density at radius 1 is 1.11 bits per heavy atom. The second-order valence-corrected chi connectivity index (χ2v) is 6.52. The van der Waals surface area contributed by atoms with E-state index in [-0.39, 0.29) is 11.5 Å². The van der Waals surface area contributed by atoms with Gasteiger partial charge in [-0.2, -0.15) is 0 Å². The van der Waals surface area contributed by atoms with Crippen LogP contribution in [0.4, 0.5) is 0 Å². The molecule has 6 heteroatoms. The Balaban J connectivity index is 1.43. The predicted molar refractivity (Wildman–Crippen MR) is 106 cm³/mol. The van der Waals surface area contributed by atoms with Gasteiger partial charge in [-0.15, -0.1) is 0 Å². The summed E-state index contributed by atoms with van der Waals surface area (Å²) < 4.78 is 1.61. The monoisotopic (exact) mass is 360 g/mol. The minimum Gasteiger partial charge on any atom is -0.361 e. The maximum absolute atomic E-state index is 12.6. The van der Waals surface area contributed by atoms with Crippen molar-refractivity contribution in [2.45, 2.75) is 19.9 Å². The number of carbonyl (C=O) groups excluding carboxylic acids is 1. The van der Waals surface area contributed by atoms with Crippen LogP contribution in [0.2, 0.25) is 0 Å². The Labute approximate surface area is 155 Å². The number of nitrogens with one attached hydrogen (secondary N) is 2. The van der Waals surface area contributed by atoms with E-state index < -0.39 is 0 Å². The Morgan fingerprint density at radius 2 is 1.85 bits per heavy atom. The summed E-state index contributed by atoms with van der Waals surface area (Å²) in [6.07, 6.45) is 2.17. The summed E-state index contributed by atoms with van der Waals surface area (Å²) in [5.74, 6) is 0.573. The smallest absolute Gasteiger partial charge is 0.261 e. The average Bonchev–Trinajstić information content (AvgIpc) is 3.07. The summed E-state index contributed by atoms with van der Waals surface area (Å²) in [7, 11) is 0. The van der Waals surface area contributed by atoms with E-state index in [0.29, 0.717) is 36.2 Å². The van der Waals surface area contributed by atoms with Gasteiger partial charge in [0, 0.05) is 30.2 Å². The quantitative estimate of drug-likeness (QED) is 0.574. The first-order chi connectivity index (χ1) is 13.1. The van der Waals surface area contributed by atoms with Crippen LogP contribution in [0, 0.1) is 6.92 Å². The molecule has 0 radical (unpaired) electrons. The van der Waals surface area contributed by atoms with E-state index in [4.69, 9.17) is 0 Å². The van der Waals surface area contributed by atoms with Crippen molar-refractivity contribution in [1.29, 1.82) is 0 Å². The van der Waals surface area contributed by atoms with E-state index in [2.05, 4.69) is 15.3 Å². The number of aryl methyl sites for hydroxylation is 1. The Kier molecular flexibility index (Phi) is 4.46. The Hall–Kier alpha value is -3.41. The molecule has 4 rings (SSSR count). The van der Waals surface area contributed by atoms with Crippen LogP contribution in [0.15, 0.2) is 59.5 Å². The van der Waals surface area contributed by atoms with Crippen molar-refractivity contribution in [3.8, 4) is 0 Å². The molecule has 136 valence electrons. The minimum atomic E-state index is -0.0797. The first-order valence-electron chi connectivity index (χ1n) is 8.91. The zero-order valence-electron chi connectivity index (χ0n) is 15.0. The van der Waals surface area contributed by atoms with E-state index in [1.54, 1.807) is 10.6 Å². The second kappa shape index (κ2) is 7.07. The maximum Gasteiger partial charge on any atom is 0.261 e. The highest BCUT2D eigenvalue weighted by Gasteiger charge is 2.10. The van der Waals surface area contributed by atoms with E-state index in [0.717, 1.165) is 16.5 Å². The summed E-state index contributed by atoms with van der Waals surface area (Å²) in [4.78, 5) is 32.6. The second-order valence-electron chi connectivity index (χ2n) is 6.52. The topological polar surface area (TPSA) is 79.8 Å². The molecule has 2 heterocycles. The highest BCUT2D eigenvalue weighted by atomic mass is 16.1. The van der Waals surface area contributed by atoms with Gasteiger partial charge in [0.25, 0.3) is 5.56 Å². The van der Waals surface area contributed by atoms with Crippen molar-refractivity contribution >= 4 is 27.7 Å². The van der Waals surface area contributed by atoms with E-state index in [9.17, 15) is 9.59 Å². The number of nitrogens with zero attached hydrogens (tertiary/aromatic N) is 2. The van der Waals surface area contributed by atoms with Gasteiger partial charge >= 0.3 is 0 Å². The highest BCUT2D eigenvalue weighted by Crippen LogP contribution is 2.17. The highest BCUT2D eigenvalue weighted by molar-refractivity contribution is 5.88. The molecular formula is C21H20N4O2. The molecule has 0 atom stereocenters. The molecule has 0 aliphatic rings. The first-order valence-corrected chi connectivity index (χ1v) is 8.91. The number of amides is 1. The molecule has 0 unspecified atom stereocenters. The third-order valence-electron chi connectivity index (χ3n) is 4.74. The molecule has 0 saturated heterocycles. The lowest BCUT2D eigenvalue weighted by Crippen LogP contribution is -2.33. The molecule has 2 aromatic heterocycles. The lowest BCUT2D eigenvalue weighted by molar-refractivity contribution is -0.120. The lowest BCUT2D eigenvalue weighted by atomic mass is 10.1. The van der Waals surface area contributed by atoms with Crippen LogP contribution in [0.1, 0.15) is 11.4 Å². The van der Waals surface area contributed by atoms with Gasteiger partial charge in [-0.3, -0.25) is 14.2 Å². The SMILES string of the molecule is Cc1nc2ccccc2c(=O)n1CCNC(=O)Cc1c[nH]c2ccccc12. The van der Waals surface area contributed by atoms with Crippen LogP contribution >= 0.6 is 0 Å². The van der Waals surface area contributed by atoms with Crippen molar-refractivity contribution in [1.82, 2.24) is 19.9 Å². The molecule has 0 saturated carbocycles. The van der Waals surface area contributed by atoms with Crippen LogP contribution in [0.5, 0.6) is 0 Å². The van der Waals surface area contributed by atoms with Gasteiger partial charge in [-0.05, 0) is 30.7 Å². The normalized spacial score (nSPS) is 11.1. The predicted octanol–water partition coefficient (Wildman–Crippen LogP) is 2.55. The largest absolute Gasteiger partial charge is 0.361 e. The third-order valence-corrected chi connectivity index (χ3v) is 4.74. The molecule has 0 aliphatic heterocycles. The Morgan fingerprint density at radius 3 is 2.70 bits per heavy atom. The molecule has 6 nitrogen and oxygen atoms in total. The van der Waals surface area contributed by atoms with Crippen molar-refractivity contribution in [2.75, 3.05) is 6.54 Å². The number of H-pyrrole nitrogens is 1. The average molecular weight is 360 g/mol. The fourth-order valence-electron chi connectivity index (χ4n) is 3.36. The summed E-state index contributed by atoms with van der Waals surface area (Å²) >= 11 is 0. The number of para-hydroxylation sites is 2. The summed E-state index contributed by atoms with van der Waals surface area (Å²) in [6.45, 7) is 2.58. The van der Waals surface area contributed by atoms with Crippen LogP contribution < -0.4 is 10.9 Å². The zero-order chi connectivity index (χ0) is 18.8. The fourth-order valence-corrected chi connectivity index (χ4v) is 3.36. The van der Waals surface area contributed by atoms with E-state index in [1.165, 1.54) is 0 Å². The molecule has 27 heavy (non-hydrogen) atoms. The van der Waals surface area contributed by atoms with Gasteiger partial charge in [0.15, 0.2) is 0 Å². The molecule has 2 aromatic carbocycles. The molecule has 0 fully saturated rings. The van der Waals surface area contributed by atoms with Crippen molar-refractivity contribution in [3.05, 3.63) is 76.5 Å².